The van der Waals surface area contributed by atoms with E-state index in [1.807, 2.05) is 0 Å². The number of hydrogen-bond donors (Lipinski definition) is 0. The Morgan fingerprint density at radius 3 is 2.36 bits per heavy atom. The van der Waals surface area contributed by atoms with Crippen LogP contribution < -0.4 is 0 Å². The van der Waals surface area contributed by atoms with Gasteiger partial charge in [-0.05, 0) is 26.2 Å². The minimum absolute atomic E-state index is 0.0557. The van der Waals surface area contributed by atoms with Gasteiger partial charge in [-0.15, -0.1) is 0 Å². The van der Waals surface area contributed by atoms with Gasteiger partial charge in [0, 0.05) is 4.43 Å². The molecular formula is C12H25IO. The van der Waals surface area contributed by atoms with Gasteiger partial charge in [-0.1, -0.05) is 55.7 Å². The first kappa shape index (κ1) is 14.7. The summed E-state index contributed by atoms with van der Waals surface area (Å²) in [5.41, 5.74) is 0.0557. The van der Waals surface area contributed by atoms with Crippen LogP contribution in [-0.4, -0.2) is 16.6 Å². The van der Waals surface area contributed by atoms with Crippen LogP contribution in [0.25, 0.3) is 0 Å². The summed E-state index contributed by atoms with van der Waals surface area (Å²) in [6.45, 7) is 9.80. The van der Waals surface area contributed by atoms with E-state index in [9.17, 15) is 0 Å². The average Bonchev–Trinajstić information content (AvgIpc) is 2.18. The lowest BCUT2D eigenvalue weighted by atomic mass is 10.00. The van der Waals surface area contributed by atoms with Gasteiger partial charge in [-0.3, -0.25) is 0 Å². The highest BCUT2D eigenvalue weighted by atomic mass is 127. The molecule has 2 heteroatoms. The maximum Gasteiger partial charge on any atom is 0.0715 e. The van der Waals surface area contributed by atoms with Gasteiger partial charge in [0.15, 0.2) is 0 Å². The average molecular weight is 312 g/mol. The minimum Gasteiger partial charge on any atom is -0.374 e. The van der Waals surface area contributed by atoms with Gasteiger partial charge >= 0.3 is 0 Å². The molecule has 0 aliphatic heterocycles. The Bertz CT molecular complexity index is 134. The summed E-state index contributed by atoms with van der Waals surface area (Å²) in [4.78, 5) is 0. The van der Waals surface area contributed by atoms with Gasteiger partial charge in [-0.25, -0.2) is 0 Å². The molecule has 0 saturated heterocycles. The molecule has 0 radical (unpaired) electrons. The zero-order valence-corrected chi connectivity index (χ0v) is 12.3. The van der Waals surface area contributed by atoms with Crippen molar-refractivity contribution in [3.8, 4) is 0 Å². The molecule has 14 heavy (non-hydrogen) atoms. The van der Waals surface area contributed by atoms with Crippen LogP contribution in [0.1, 0.15) is 53.4 Å². The third-order valence-electron chi connectivity index (χ3n) is 2.57. The number of alkyl halides is 1. The van der Waals surface area contributed by atoms with E-state index in [0.29, 0.717) is 0 Å². The predicted octanol–water partition coefficient (Wildman–Crippen LogP) is 4.43. The first-order chi connectivity index (χ1) is 6.55. The predicted molar refractivity (Wildman–Crippen MR) is 72.2 cm³/mol. The van der Waals surface area contributed by atoms with E-state index in [1.165, 1.54) is 25.7 Å². The van der Waals surface area contributed by atoms with Crippen molar-refractivity contribution in [1.82, 2.24) is 0 Å². The second kappa shape index (κ2) is 7.91. The standard InChI is InChI=1S/C12H25IO/c1-5-7-8-11(6-2)9-14-12(3,4)10-13/h11H,5-10H2,1-4H3. The Balaban J connectivity index is 3.71. The van der Waals surface area contributed by atoms with Crippen molar-refractivity contribution in [3.05, 3.63) is 0 Å². The summed E-state index contributed by atoms with van der Waals surface area (Å²) in [6, 6.07) is 0. The van der Waals surface area contributed by atoms with Crippen LogP contribution in [0.15, 0.2) is 0 Å². The van der Waals surface area contributed by atoms with Gasteiger partial charge in [0.2, 0.25) is 0 Å². The van der Waals surface area contributed by atoms with Crippen LogP contribution in [0.2, 0.25) is 0 Å². The summed E-state index contributed by atoms with van der Waals surface area (Å²) in [7, 11) is 0. The summed E-state index contributed by atoms with van der Waals surface area (Å²) < 4.78 is 6.99. The minimum atomic E-state index is 0.0557. The lowest BCUT2D eigenvalue weighted by Crippen LogP contribution is -2.28. The fraction of sp³-hybridized carbons (Fsp3) is 1.00. The van der Waals surface area contributed by atoms with Crippen LogP contribution in [0.5, 0.6) is 0 Å². The molecule has 0 saturated carbocycles. The SMILES string of the molecule is CCCCC(CC)COC(C)(C)CI. The first-order valence-electron chi connectivity index (χ1n) is 5.75. The van der Waals surface area contributed by atoms with E-state index in [1.54, 1.807) is 0 Å². The molecular weight excluding hydrogens is 287 g/mol. The van der Waals surface area contributed by atoms with E-state index >= 15 is 0 Å². The number of halogens is 1. The number of hydrogen-bond acceptors (Lipinski definition) is 1. The first-order valence-corrected chi connectivity index (χ1v) is 7.28. The molecule has 1 nitrogen and oxygen atoms in total. The van der Waals surface area contributed by atoms with Crippen molar-refractivity contribution in [2.75, 3.05) is 11.0 Å². The summed E-state index contributed by atoms with van der Waals surface area (Å²) in [5.74, 6) is 0.761. The van der Waals surface area contributed by atoms with Crippen molar-refractivity contribution >= 4 is 22.6 Å². The lowest BCUT2D eigenvalue weighted by molar-refractivity contribution is -0.0190. The molecule has 0 bridgehead atoms. The van der Waals surface area contributed by atoms with Crippen LogP contribution >= 0.6 is 22.6 Å². The van der Waals surface area contributed by atoms with Crippen LogP contribution in [0, 0.1) is 5.92 Å². The molecule has 0 aromatic rings. The Hall–Kier alpha value is 0.690. The van der Waals surface area contributed by atoms with Crippen molar-refractivity contribution in [2.24, 2.45) is 5.92 Å². The topological polar surface area (TPSA) is 9.23 Å². The molecule has 0 aliphatic carbocycles. The van der Waals surface area contributed by atoms with Crippen LogP contribution in [-0.2, 0) is 4.74 Å². The number of ether oxygens (including phenoxy) is 1. The fourth-order valence-electron chi connectivity index (χ4n) is 1.28. The second-order valence-corrected chi connectivity index (χ2v) is 5.38. The maximum atomic E-state index is 5.92. The molecule has 86 valence electrons. The third-order valence-corrected chi connectivity index (χ3v) is 4.41. The summed E-state index contributed by atoms with van der Waals surface area (Å²) in [5, 5.41) is 0. The largest absolute Gasteiger partial charge is 0.374 e. The molecule has 0 rings (SSSR count). The summed E-state index contributed by atoms with van der Waals surface area (Å²) >= 11 is 2.39. The number of rotatable bonds is 8. The molecule has 0 amide bonds. The Labute approximate surface area is 103 Å². The van der Waals surface area contributed by atoms with E-state index in [0.717, 1.165) is 17.0 Å². The van der Waals surface area contributed by atoms with Crippen molar-refractivity contribution < 1.29 is 4.74 Å². The second-order valence-electron chi connectivity index (χ2n) is 4.62. The van der Waals surface area contributed by atoms with E-state index in [4.69, 9.17) is 4.74 Å². The molecule has 0 aliphatic rings. The van der Waals surface area contributed by atoms with Gasteiger partial charge in [0.05, 0.1) is 12.2 Å². The highest BCUT2D eigenvalue weighted by Crippen LogP contribution is 2.18. The zero-order chi connectivity index (χ0) is 11.0. The molecule has 0 aromatic carbocycles. The molecule has 0 N–H and O–H groups in total. The van der Waals surface area contributed by atoms with E-state index in [2.05, 4.69) is 50.3 Å². The van der Waals surface area contributed by atoms with Gasteiger partial charge in [0.25, 0.3) is 0 Å². The smallest absolute Gasteiger partial charge is 0.0715 e. The monoisotopic (exact) mass is 312 g/mol. The van der Waals surface area contributed by atoms with Crippen LogP contribution in [0.4, 0.5) is 0 Å². The summed E-state index contributed by atoms with van der Waals surface area (Å²) in [6.07, 6.45) is 5.21. The highest BCUT2D eigenvalue weighted by Gasteiger charge is 2.18. The molecule has 0 fully saturated rings. The molecule has 0 aromatic heterocycles. The molecule has 0 heterocycles. The van der Waals surface area contributed by atoms with Crippen molar-refractivity contribution in [1.29, 1.82) is 0 Å². The third kappa shape index (κ3) is 7.04. The Morgan fingerprint density at radius 2 is 1.93 bits per heavy atom. The Kier molecular flexibility index (Phi) is 8.30. The van der Waals surface area contributed by atoms with Gasteiger partial charge in [-0.2, -0.15) is 0 Å². The Morgan fingerprint density at radius 1 is 1.29 bits per heavy atom. The quantitative estimate of drug-likeness (QED) is 0.476. The number of unbranched alkanes of at least 4 members (excludes halogenated alkanes) is 1. The lowest BCUT2D eigenvalue weighted by Gasteiger charge is -2.25. The highest BCUT2D eigenvalue weighted by molar-refractivity contribution is 14.1. The van der Waals surface area contributed by atoms with Gasteiger partial charge < -0.3 is 4.74 Å². The normalized spacial score (nSPS) is 14.4. The maximum absolute atomic E-state index is 5.92. The van der Waals surface area contributed by atoms with E-state index in [-0.39, 0.29) is 5.60 Å². The molecule has 1 unspecified atom stereocenters. The molecule has 0 spiro atoms. The van der Waals surface area contributed by atoms with Crippen molar-refractivity contribution in [2.45, 2.75) is 59.0 Å². The zero-order valence-electron chi connectivity index (χ0n) is 10.1. The van der Waals surface area contributed by atoms with Crippen molar-refractivity contribution in [3.63, 3.8) is 0 Å². The molecule has 1 atom stereocenters. The van der Waals surface area contributed by atoms with Gasteiger partial charge in [0.1, 0.15) is 0 Å². The fourth-order valence-corrected chi connectivity index (χ4v) is 1.50. The van der Waals surface area contributed by atoms with E-state index < -0.39 is 0 Å². The van der Waals surface area contributed by atoms with Crippen LogP contribution in [0.3, 0.4) is 0 Å².